The molecule has 10 nitrogen and oxygen atoms in total. The number of ether oxygens (including phenoxy) is 2. The molecule has 0 atom stereocenters. The third-order valence-electron chi connectivity index (χ3n) is 4.49. The van der Waals surface area contributed by atoms with Crippen LogP contribution in [0.15, 0.2) is 18.2 Å². The van der Waals surface area contributed by atoms with E-state index >= 15 is 0 Å². The first kappa shape index (κ1) is 23.4. The molecule has 1 aliphatic rings. The SMILES string of the molecule is CCOC(=O)c1c(NC(=O)/C=C/c2ccc([N+](=O)[O-])s2)sc2c1CCN(C(=O)OCC)C2. The number of thiophene rings is 2. The molecule has 0 saturated heterocycles. The molecule has 1 N–H and O–H groups in total. The smallest absolute Gasteiger partial charge is 0.410 e. The van der Waals surface area contributed by atoms with Crippen molar-refractivity contribution in [3.63, 3.8) is 0 Å². The average molecular weight is 480 g/mol. The second kappa shape index (κ2) is 10.4. The van der Waals surface area contributed by atoms with Gasteiger partial charge < -0.3 is 19.7 Å². The van der Waals surface area contributed by atoms with Crippen LogP contribution < -0.4 is 5.32 Å². The van der Waals surface area contributed by atoms with Gasteiger partial charge in [0.25, 0.3) is 0 Å². The molecule has 0 unspecified atom stereocenters. The van der Waals surface area contributed by atoms with Gasteiger partial charge in [-0.15, -0.1) is 11.3 Å². The minimum absolute atomic E-state index is 0.0215. The van der Waals surface area contributed by atoms with Crippen molar-refractivity contribution < 1.29 is 28.8 Å². The molecule has 12 heteroatoms. The van der Waals surface area contributed by atoms with Crippen molar-refractivity contribution in [3.05, 3.63) is 49.2 Å². The predicted octanol–water partition coefficient (Wildman–Crippen LogP) is 4.06. The molecule has 0 fully saturated rings. The van der Waals surface area contributed by atoms with Crippen molar-refractivity contribution in [2.75, 3.05) is 25.1 Å². The number of amides is 2. The minimum atomic E-state index is -0.539. The van der Waals surface area contributed by atoms with Crippen molar-refractivity contribution in [2.24, 2.45) is 0 Å². The molecule has 0 aliphatic carbocycles. The number of esters is 1. The van der Waals surface area contributed by atoms with Gasteiger partial charge in [-0.25, -0.2) is 9.59 Å². The third-order valence-corrected chi connectivity index (χ3v) is 6.63. The first-order valence-corrected chi connectivity index (χ1v) is 11.4. The normalized spacial score (nSPS) is 13.0. The highest BCUT2D eigenvalue weighted by Crippen LogP contribution is 2.38. The molecule has 3 rings (SSSR count). The van der Waals surface area contributed by atoms with E-state index in [1.165, 1.54) is 29.6 Å². The zero-order valence-electron chi connectivity index (χ0n) is 17.4. The van der Waals surface area contributed by atoms with E-state index < -0.39 is 22.9 Å². The standard InChI is InChI=1S/C20H21N3O7S2/c1-3-29-19(25)17-13-9-10-22(20(26)30-4-2)11-14(13)32-18(17)21-15(24)7-5-12-6-8-16(31-12)23(27)28/h5-8H,3-4,9-11H2,1-2H3,(H,21,24)/b7-5+. The Balaban J connectivity index is 1.81. The molecule has 0 saturated carbocycles. The Hall–Kier alpha value is -3.25. The van der Waals surface area contributed by atoms with Crippen molar-refractivity contribution in [2.45, 2.75) is 26.8 Å². The summed E-state index contributed by atoms with van der Waals surface area (Å²) in [6, 6.07) is 2.91. The summed E-state index contributed by atoms with van der Waals surface area (Å²) in [6.07, 6.45) is 2.72. The highest BCUT2D eigenvalue weighted by atomic mass is 32.1. The van der Waals surface area contributed by atoms with Crippen LogP contribution in [0.3, 0.4) is 0 Å². The van der Waals surface area contributed by atoms with E-state index in [-0.39, 0.29) is 24.8 Å². The van der Waals surface area contributed by atoms with E-state index in [0.29, 0.717) is 28.4 Å². The average Bonchev–Trinajstić information content (AvgIpc) is 3.36. The molecule has 32 heavy (non-hydrogen) atoms. The first-order valence-electron chi connectivity index (χ1n) is 9.80. The lowest BCUT2D eigenvalue weighted by molar-refractivity contribution is -0.380. The first-order chi connectivity index (χ1) is 15.3. The molecule has 1 aliphatic heterocycles. The summed E-state index contributed by atoms with van der Waals surface area (Å²) in [6.45, 7) is 4.53. The fourth-order valence-electron chi connectivity index (χ4n) is 3.12. The van der Waals surface area contributed by atoms with Crippen LogP contribution in [0.4, 0.5) is 14.8 Å². The number of nitrogens with zero attached hydrogens (tertiary/aromatic N) is 2. The Kier molecular flexibility index (Phi) is 7.59. The van der Waals surface area contributed by atoms with Crippen LogP contribution >= 0.6 is 22.7 Å². The predicted molar refractivity (Wildman–Crippen MR) is 120 cm³/mol. The molecule has 170 valence electrons. The summed E-state index contributed by atoms with van der Waals surface area (Å²) in [5.41, 5.74) is 1.05. The highest BCUT2D eigenvalue weighted by molar-refractivity contribution is 7.17. The third kappa shape index (κ3) is 5.32. The van der Waals surface area contributed by atoms with Gasteiger partial charge in [-0.2, -0.15) is 0 Å². The van der Waals surface area contributed by atoms with Gasteiger partial charge in [0, 0.05) is 28.4 Å². The number of hydrogen-bond acceptors (Lipinski definition) is 9. The molecule has 2 amide bonds. The second-order valence-corrected chi connectivity index (χ2v) is 8.75. The number of carbonyl (C=O) groups excluding carboxylic acids is 3. The van der Waals surface area contributed by atoms with Crippen molar-refractivity contribution >= 4 is 56.7 Å². The van der Waals surface area contributed by atoms with E-state index in [4.69, 9.17) is 9.47 Å². The van der Waals surface area contributed by atoms with Crippen molar-refractivity contribution in [3.8, 4) is 0 Å². The number of rotatable bonds is 7. The summed E-state index contributed by atoms with van der Waals surface area (Å²) in [5, 5.41) is 13.8. The Morgan fingerprint density at radius 1 is 1.22 bits per heavy atom. The summed E-state index contributed by atoms with van der Waals surface area (Å²) < 4.78 is 10.2. The molecule has 3 heterocycles. The Morgan fingerprint density at radius 2 is 1.97 bits per heavy atom. The fourth-order valence-corrected chi connectivity index (χ4v) is 5.10. The fraction of sp³-hybridized carbons (Fsp3) is 0.350. The van der Waals surface area contributed by atoms with E-state index in [2.05, 4.69) is 5.32 Å². The summed E-state index contributed by atoms with van der Waals surface area (Å²) in [4.78, 5) is 50.3. The maximum absolute atomic E-state index is 12.6. The van der Waals surface area contributed by atoms with Gasteiger partial charge in [0.05, 0.1) is 30.2 Å². The number of nitro groups is 1. The van der Waals surface area contributed by atoms with Gasteiger partial charge in [0.15, 0.2) is 0 Å². The van der Waals surface area contributed by atoms with Gasteiger partial charge in [-0.1, -0.05) is 11.3 Å². The number of nitrogens with one attached hydrogen (secondary N) is 1. The van der Waals surface area contributed by atoms with E-state index in [9.17, 15) is 24.5 Å². The van der Waals surface area contributed by atoms with Gasteiger partial charge in [-0.3, -0.25) is 14.9 Å². The Labute approximate surface area is 191 Å². The van der Waals surface area contributed by atoms with E-state index in [1.54, 1.807) is 24.8 Å². The van der Waals surface area contributed by atoms with Crippen LogP contribution in [0.1, 0.15) is 39.5 Å². The summed E-state index contributed by atoms with van der Waals surface area (Å²) in [7, 11) is 0. The van der Waals surface area contributed by atoms with Gasteiger partial charge >= 0.3 is 17.1 Å². The molecule has 0 aromatic carbocycles. The van der Waals surface area contributed by atoms with Crippen molar-refractivity contribution in [1.82, 2.24) is 4.90 Å². The van der Waals surface area contributed by atoms with Gasteiger partial charge in [-0.05, 0) is 38.0 Å². The number of anilines is 1. The van der Waals surface area contributed by atoms with Crippen molar-refractivity contribution in [1.29, 1.82) is 0 Å². The molecular formula is C20H21N3O7S2. The van der Waals surface area contributed by atoms with Crippen LogP contribution in [0.5, 0.6) is 0 Å². The number of fused-ring (bicyclic) bond motifs is 1. The lowest BCUT2D eigenvalue weighted by Gasteiger charge is -2.26. The monoisotopic (exact) mass is 479 g/mol. The van der Waals surface area contributed by atoms with E-state index in [0.717, 1.165) is 21.8 Å². The van der Waals surface area contributed by atoms with E-state index in [1.807, 2.05) is 0 Å². The molecule has 2 aromatic rings. The minimum Gasteiger partial charge on any atom is -0.462 e. The zero-order valence-corrected chi connectivity index (χ0v) is 19.0. The van der Waals surface area contributed by atoms with Crippen LogP contribution in [-0.4, -0.2) is 47.6 Å². The summed E-state index contributed by atoms with van der Waals surface area (Å²) >= 11 is 2.16. The van der Waals surface area contributed by atoms with Gasteiger partial charge in [0.2, 0.25) is 5.91 Å². The summed E-state index contributed by atoms with van der Waals surface area (Å²) in [5.74, 6) is -1.03. The van der Waals surface area contributed by atoms with Gasteiger partial charge in [0.1, 0.15) is 5.00 Å². The Morgan fingerprint density at radius 3 is 2.62 bits per heavy atom. The molecule has 0 spiro atoms. The quantitative estimate of drug-likeness (QED) is 0.274. The molecule has 2 aromatic heterocycles. The maximum atomic E-state index is 12.6. The van der Waals surface area contributed by atoms with Crippen LogP contribution in [0.25, 0.3) is 6.08 Å². The maximum Gasteiger partial charge on any atom is 0.410 e. The topological polar surface area (TPSA) is 128 Å². The lowest BCUT2D eigenvalue weighted by Crippen LogP contribution is -2.36. The number of hydrogen-bond donors (Lipinski definition) is 1. The van der Waals surface area contributed by atoms with Crippen LogP contribution in [0.2, 0.25) is 0 Å². The Bertz CT molecular complexity index is 1070. The second-order valence-electron chi connectivity index (χ2n) is 6.55. The number of carbonyl (C=O) groups is 3. The van der Waals surface area contributed by atoms with Crippen LogP contribution in [-0.2, 0) is 27.2 Å². The van der Waals surface area contributed by atoms with Crippen LogP contribution in [0, 0.1) is 10.1 Å². The molecule has 0 bridgehead atoms. The highest BCUT2D eigenvalue weighted by Gasteiger charge is 2.31. The zero-order chi connectivity index (χ0) is 23.3. The molecule has 0 radical (unpaired) electrons. The molecular weight excluding hydrogens is 458 g/mol. The largest absolute Gasteiger partial charge is 0.462 e. The lowest BCUT2D eigenvalue weighted by atomic mass is 10.0.